The van der Waals surface area contributed by atoms with Gasteiger partial charge in [0.2, 0.25) is 0 Å². The molecule has 0 saturated carbocycles. The van der Waals surface area contributed by atoms with E-state index in [0.717, 1.165) is 17.2 Å². The standard InChI is InChI=1S/C10H16N5O13P3/c11-8-5-9(13-2-12-8)15(3-14-5)10-6(17)7(4(1-16)25-10)26-31(24,27-29(18,19)20)28-30(21,22)23/h2-4,6-7,10,16-17H,1H2,(H2,11,12,13)(H2,18,19,20)(H2,21,22,23)/t4-,6?,7?,10-/m1/s1. The third-order valence-electron chi connectivity index (χ3n) is 3.81. The molecule has 1 aliphatic rings. The van der Waals surface area contributed by atoms with Crippen molar-refractivity contribution in [3.8, 4) is 0 Å². The van der Waals surface area contributed by atoms with Crippen molar-refractivity contribution in [2.45, 2.75) is 24.5 Å². The topological polar surface area (TPSA) is 279 Å². The highest BCUT2D eigenvalue weighted by molar-refractivity contribution is 7.66. The lowest BCUT2D eigenvalue weighted by Crippen LogP contribution is -2.35. The number of ether oxygens (including phenoxy) is 1. The van der Waals surface area contributed by atoms with Crippen LogP contribution in [0.5, 0.6) is 0 Å². The van der Waals surface area contributed by atoms with Crippen LogP contribution >= 0.6 is 23.5 Å². The first-order valence-corrected chi connectivity index (χ1v) is 12.4. The molecule has 0 bridgehead atoms. The second-order valence-corrected chi connectivity index (χ2v) is 10.4. The Balaban J connectivity index is 1.94. The molecule has 1 fully saturated rings. The highest BCUT2D eigenvalue weighted by Crippen LogP contribution is 2.68. The molecule has 21 heteroatoms. The lowest BCUT2D eigenvalue weighted by atomic mass is 10.1. The summed E-state index contributed by atoms with van der Waals surface area (Å²) in [5.41, 5.74) is 5.88. The second kappa shape index (κ2) is 8.53. The molecule has 0 aliphatic carbocycles. The molecule has 2 aromatic rings. The van der Waals surface area contributed by atoms with Crippen molar-refractivity contribution in [3.05, 3.63) is 12.7 Å². The zero-order valence-electron chi connectivity index (χ0n) is 14.9. The number of rotatable bonds is 8. The lowest BCUT2D eigenvalue weighted by Gasteiger charge is -2.25. The van der Waals surface area contributed by atoms with E-state index >= 15 is 0 Å². The Hall–Kier alpha value is -1.36. The molecule has 2 aromatic heterocycles. The van der Waals surface area contributed by atoms with E-state index < -0.39 is 54.6 Å². The summed E-state index contributed by atoms with van der Waals surface area (Å²) >= 11 is 0. The summed E-state index contributed by atoms with van der Waals surface area (Å²) in [5.74, 6) is -0.00247. The number of aliphatic hydroxyl groups is 2. The average Bonchev–Trinajstić information content (AvgIpc) is 3.14. The maximum absolute atomic E-state index is 12.5. The first-order chi connectivity index (χ1) is 14.2. The van der Waals surface area contributed by atoms with E-state index in [-0.39, 0.29) is 17.0 Å². The molecular weight excluding hydrogens is 491 g/mol. The van der Waals surface area contributed by atoms with Crippen molar-refractivity contribution in [2.75, 3.05) is 12.3 Å². The molecule has 31 heavy (non-hydrogen) atoms. The van der Waals surface area contributed by atoms with Crippen LogP contribution in [0.3, 0.4) is 0 Å². The normalized spacial score (nSPS) is 25.4. The Labute approximate surface area is 171 Å². The number of fused-ring (bicyclic) bond motifs is 1. The molecule has 3 rings (SSSR count). The quantitative estimate of drug-likeness (QED) is 0.197. The summed E-state index contributed by atoms with van der Waals surface area (Å²) < 4.78 is 53.5. The summed E-state index contributed by atoms with van der Waals surface area (Å²) in [4.78, 5) is 47.1. The number of nitrogens with zero attached hydrogens (tertiary/aromatic N) is 4. The number of hydrogen-bond donors (Lipinski definition) is 7. The van der Waals surface area contributed by atoms with Crippen LogP contribution in [-0.4, -0.2) is 74.2 Å². The molecule has 1 saturated heterocycles. The van der Waals surface area contributed by atoms with Gasteiger partial charge in [0.25, 0.3) is 0 Å². The van der Waals surface area contributed by atoms with Crippen molar-refractivity contribution in [1.82, 2.24) is 19.5 Å². The third-order valence-corrected chi connectivity index (χ3v) is 7.62. The minimum Gasteiger partial charge on any atom is -0.394 e. The molecular formula is C10H16N5O13P3. The largest absolute Gasteiger partial charge is 0.493 e. The van der Waals surface area contributed by atoms with Gasteiger partial charge in [-0.05, 0) is 0 Å². The summed E-state index contributed by atoms with van der Waals surface area (Å²) in [5, 5.41) is 20.1. The molecule has 4 atom stereocenters. The molecule has 2 unspecified atom stereocenters. The molecule has 0 amide bonds. The molecule has 0 radical (unpaired) electrons. The number of hydrogen-bond acceptors (Lipinski definition) is 13. The van der Waals surface area contributed by atoms with Gasteiger partial charge in [-0.1, -0.05) is 0 Å². The van der Waals surface area contributed by atoms with Crippen LogP contribution < -0.4 is 5.73 Å². The number of anilines is 1. The van der Waals surface area contributed by atoms with Gasteiger partial charge in [0, 0.05) is 0 Å². The first-order valence-electron chi connectivity index (χ1n) is 7.92. The number of aliphatic hydroxyl groups excluding tert-OH is 2. The van der Waals surface area contributed by atoms with Gasteiger partial charge < -0.3 is 40.3 Å². The first kappa shape index (κ1) is 24.3. The zero-order chi connectivity index (χ0) is 23.2. The van der Waals surface area contributed by atoms with Crippen LogP contribution in [0.1, 0.15) is 6.23 Å². The molecule has 3 heterocycles. The Kier molecular flexibility index (Phi) is 6.68. The maximum Gasteiger partial charge on any atom is 0.493 e. The van der Waals surface area contributed by atoms with Gasteiger partial charge in [0.15, 0.2) is 17.7 Å². The average molecular weight is 507 g/mol. The van der Waals surface area contributed by atoms with E-state index in [1.165, 1.54) is 0 Å². The minimum atomic E-state index is -5.71. The Morgan fingerprint density at radius 3 is 2.26 bits per heavy atom. The lowest BCUT2D eigenvalue weighted by molar-refractivity contribution is -0.0509. The molecule has 1 aliphatic heterocycles. The van der Waals surface area contributed by atoms with E-state index in [0.29, 0.717) is 0 Å². The number of nitrogens with two attached hydrogens (primary N) is 1. The van der Waals surface area contributed by atoms with Gasteiger partial charge in [0.1, 0.15) is 30.2 Å². The van der Waals surface area contributed by atoms with Crippen LogP contribution in [0.25, 0.3) is 11.2 Å². The Bertz CT molecular complexity index is 1070. The zero-order valence-corrected chi connectivity index (χ0v) is 17.6. The minimum absolute atomic E-state index is 0.00247. The smallest absolute Gasteiger partial charge is 0.394 e. The van der Waals surface area contributed by atoms with Gasteiger partial charge in [-0.15, -0.1) is 0 Å². The van der Waals surface area contributed by atoms with E-state index in [9.17, 15) is 23.9 Å². The van der Waals surface area contributed by atoms with Crippen molar-refractivity contribution >= 4 is 40.4 Å². The van der Waals surface area contributed by atoms with E-state index in [2.05, 4.69) is 23.6 Å². The van der Waals surface area contributed by atoms with E-state index in [4.69, 9.17) is 34.6 Å². The SMILES string of the molecule is Nc1ncnc2c1ncn2[C@@H]1O[C@H](CO)C(OP(=O)(OP(=O)(O)O)OP(=O)(O)O)C1O. The Morgan fingerprint density at radius 2 is 1.71 bits per heavy atom. The molecule has 8 N–H and O–H groups in total. The van der Waals surface area contributed by atoms with Gasteiger partial charge in [-0.25, -0.2) is 28.6 Å². The van der Waals surface area contributed by atoms with Crippen molar-refractivity contribution in [2.24, 2.45) is 0 Å². The van der Waals surface area contributed by atoms with Crippen LogP contribution in [0.2, 0.25) is 0 Å². The van der Waals surface area contributed by atoms with Crippen LogP contribution in [0.4, 0.5) is 5.82 Å². The van der Waals surface area contributed by atoms with E-state index in [1.807, 2.05) is 0 Å². The fourth-order valence-electron chi connectivity index (χ4n) is 2.75. The van der Waals surface area contributed by atoms with Crippen LogP contribution in [0, 0.1) is 0 Å². The molecule has 0 spiro atoms. The fraction of sp³-hybridized carbons (Fsp3) is 0.500. The van der Waals surface area contributed by atoms with Crippen LogP contribution in [0.15, 0.2) is 12.7 Å². The fourth-order valence-corrected chi connectivity index (χ4v) is 6.08. The van der Waals surface area contributed by atoms with Crippen LogP contribution in [-0.2, 0) is 31.6 Å². The summed E-state index contributed by atoms with van der Waals surface area (Å²) in [7, 11) is -17.0. The predicted octanol–water partition coefficient (Wildman–Crippen LogP) is -1.63. The van der Waals surface area contributed by atoms with Crippen molar-refractivity contribution in [3.63, 3.8) is 0 Å². The molecule has 174 valence electrons. The summed E-state index contributed by atoms with van der Waals surface area (Å²) in [6, 6.07) is 0. The number of phosphoric acid groups is 3. The monoisotopic (exact) mass is 507 g/mol. The number of aromatic nitrogens is 4. The summed E-state index contributed by atoms with van der Waals surface area (Å²) in [6.07, 6.45) is -4.50. The number of nitrogen functional groups attached to an aromatic ring is 1. The van der Waals surface area contributed by atoms with Gasteiger partial charge in [-0.2, -0.15) is 8.62 Å². The maximum atomic E-state index is 12.5. The van der Waals surface area contributed by atoms with E-state index in [1.54, 1.807) is 0 Å². The summed E-state index contributed by atoms with van der Waals surface area (Å²) in [6.45, 7) is -0.895. The highest BCUT2D eigenvalue weighted by Gasteiger charge is 2.52. The molecule has 18 nitrogen and oxygen atoms in total. The van der Waals surface area contributed by atoms with Gasteiger partial charge in [-0.3, -0.25) is 9.09 Å². The Morgan fingerprint density at radius 1 is 1.10 bits per heavy atom. The van der Waals surface area contributed by atoms with Gasteiger partial charge in [0.05, 0.1) is 12.9 Å². The third kappa shape index (κ3) is 5.53. The van der Waals surface area contributed by atoms with Crippen molar-refractivity contribution < 1.29 is 61.4 Å². The van der Waals surface area contributed by atoms with Crippen molar-refractivity contribution in [1.29, 1.82) is 0 Å². The highest BCUT2D eigenvalue weighted by atomic mass is 31.3. The predicted molar refractivity (Wildman–Crippen MR) is 95.5 cm³/mol. The molecule has 0 aromatic carbocycles. The second-order valence-electron chi connectivity index (χ2n) is 5.98. The van der Waals surface area contributed by atoms with Gasteiger partial charge >= 0.3 is 23.5 Å². The number of imidazole rings is 1.